The molecule has 1 heterocycles. The van der Waals surface area contributed by atoms with Crippen molar-refractivity contribution in [3.63, 3.8) is 0 Å². The number of amides is 1. The summed E-state index contributed by atoms with van der Waals surface area (Å²) >= 11 is 1.91. The molecule has 0 spiro atoms. The number of carbonyl (C=O) groups is 1. The monoisotopic (exact) mass is 272 g/mol. The molecule has 0 saturated carbocycles. The van der Waals surface area contributed by atoms with E-state index < -0.39 is 0 Å². The molecule has 2 N–H and O–H groups in total. The summed E-state index contributed by atoms with van der Waals surface area (Å²) in [4.78, 5) is 12.0. The zero-order chi connectivity index (χ0) is 13.2. The van der Waals surface area contributed by atoms with Crippen molar-refractivity contribution in [1.82, 2.24) is 10.6 Å². The van der Waals surface area contributed by atoms with Gasteiger partial charge in [0, 0.05) is 6.54 Å². The highest BCUT2D eigenvalue weighted by Gasteiger charge is 2.26. The van der Waals surface area contributed by atoms with Crippen molar-refractivity contribution in [3.8, 4) is 0 Å². The highest BCUT2D eigenvalue weighted by Crippen LogP contribution is 2.15. The Balaban J connectivity index is 2.02. The van der Waals surface area contributed by atoms with Crippen molar-refractivity contribution < 1.29 is 4.79 Å². The van der Waals surface area contributed by atoms with E-state index in [0.717, 1.165) is 19.5 Å². The van der Waals surface area contributed by atoms with Gasteiger partial charge in [-0.15, -0.1) is 0 Å². The Kier molecular flexibility index (Phi) is 8.51. The van der Waals surface area contributed by atoms with Gasteiger partial charge in [-0.25, -0.2) is 0 Å². The molecule has 2 atom stereocenters. The van der Waals surface area contributed by atoms with E-state index in [9.17, 15) is 4.79 Å². The number of hydrogen-bond donors (Lipinski definition) is 2. The van der Waals surface area contributed by atoms with Crippen LogP contribution in [0.2, 0.25) is 0 Å². The average molecular weight is 272 g/mol. The molecule has 1 aliphatic rings. The molecule has 0 aromatic heterocycles. The molecule has 1 aliphatic heterocycles. The van der Waals surface area contributed by atoms with Crippen molar-refractivity contribution in [3.05, 3.63) is 0 Å². The lowest BCUT2D eigenvalue weighted by atomic mass is 9.92. The van der Waals surface area contributed by atoms with Crippen molar-refractivity contribution in [2.75, 3.05) is 25.1 Å². The first-order valence-corrected chi connectivity index (χ1v) is 8.65. The SMILES string of the molecule is CSCCCCCCNC(=O)C1NCCCC1C. The smallest absolute Gasteiger partial charge is 0.237 e. The minimum atomic E-state index is 0.0373. The van der Waals surface area contributed by atoms with Crippen LogP contribution < -0.4 is 10.6 Å². The van der Waals surface area contributed by atoms with Gasteiger partial charge in [0.15, 0.2) is 0 Å². The van der Waals surface area contributed by atoms with Gasteiger partial charge in [-0.2, -0.15) is 11.8 Å². The summed E-state index contributed by atoms with van der Waals surface area (Å²) in [5.74, 6) is 1.93. The fraction of sp³-hybridized carbons (Fsp3) is 0.929. The summed E-state index contributed by atoms with van der Waals surface area (Å²) in [7, 11) is 0. The van der Waals surface area contributed by atoms with Gasteiger partial charge in [-0.3, -0.25) is 4.79 Å². The topological polar surface area (TPSA) is 41.1 Å². The normalized spacial score (nSPS) is 23.9. The summed E-state index contributed by atoms with van der Waals surface area (Å²) in [6, 6.07) is 0.0373. The Morgan fingerprint density at radius 2 is 2.11 bits per heavy atom. The molecular weight excluding hydrogens is 244 g/mol. The van der Waals surface area contributed by atoms with E-state index in [1.165, 1.54) is 37.9 Å². The number of carbonyl (C=O) groups excluding carboxylic acids is 1. The zero-order valence-electron chi connectivity index (χ0n) is 11.8. The summed E-state index contributed by atoms with van der Waals surface area (Å²) in [5.41, 5.74) is 0. The second-order valence-corrected chi connectivity index (χ2v) is 6.23. The maximum atomic E-state index is 12.0. The number of nitrogens with one attached hydrogen (secondary N) is 2. The maximum absolute atomic E-state index is 12.0. The zero-order valence-corrected chi connectivity index (χ0v) is 12.7. The van der Waals surface area contributed by atoms with E-state index in [2.05, 4.69) is 23.8 Å². The fourth-order valence-corrected chi connectivity index (χ4v) is 2.94. The first-order valence-electron chi connectivity index (χ1n) is 7.25. The maximum Gasteiger partial charge on any atom is 0.237 e. The van der Waals surface area contributed by atoms with Gasteiger partial charge in [-0.05, 0) is 50.2 Å². The van der Waals surface area contributed by atoms with Crippen LogP contribution in [0.3, 0.4) is 0 Å². The van der Waals surface area contributed by atoms with E-state index in [1.54, 1.807) is 0 Å². The predicted octanol–water partition coefficient (Wildman–Crippen LogP) is 2.41. The van der Waals surface area contributed by atoms with Gasteiger partial charge >= 0.3 is 0 Å². The van der Waals surface area contributed by atoms with E-state index in [1.807, 2.05) is 11.8 Å². The second-order valence-electron chi connectivity index (χ2n) is 5.25. The molecule has 0 aromatic rings. The number of piperidine rings is 1. The molecule has 18 heavy (non-hydrogen) atoms. The van der Waals surface area contributed by atoms with Gasteiger partial charge in [0.25, 0.3) is 0 Å². The molecule has 0 aromatic carbocycles. The van der Waals surface area contributed by atoms with Gasteiger partial charge < -0.3 is 10.6 Å². The van der Waals surface area contributed by atoms with Crippen LogP contribution in [0.5, 0.6) is 0 Å². The number of hydrogen-bond acceptors (Lipinski definition) is 3. The van der Waals surface area contributed by atoms with Gasteiger partial charge in [0.2, 0.25) is 5.91 Å². The van der Waals surface area contributed by atoms with Crippen LogP contribution in [0.1, 0.15) is 45.4 Å². The van der Waals surface area contributed by atoms with Crippen molar-refractivity contribution >= 4 is 17.7 Å². The standard InChI is InChI=1S/C14H28N2OS/c1-12-8-7-10-15-13(12)14(17)16-9-5-3-4-6-11-18-2/h12-13,15H,3-11H2,1-2H3,(H,16,17). The van der Waals surface area contributed by atoms with E-state index in [4.69, 9.17) is 0 Å². The Hall–Kier alpha value is -0.220. The molecule has 1 fully saturated rings. The molecule has 0 radical (unpaired) electrons. The lowest BCUT2D eigenvalue weighted by Gasteiger charge is -2.28. The summed E-state index contributed by atoms with van der Waals surface area (Å²) in [5, 5.41) is 6.39. The third-order valence-electron chi connectivity index (χ3n) is 3.63. The van der Waals surface area contributed by atoms with Crippen LogP contribution in [0.4, 0.5) is 0 Å². The summed E-state index contributed by atoms with van der Waals surface area (Å²) in [6.45, 7) is 3.99. The van der Waals surface area contributed by atoms with E-state index in [0.29, 0.717) is 5.92 Å². The quantitative estimate of drug-likeness (QED) is 0.667. The van der Waals surface area contributed by atoms with E-state index in [-0.39, 0.29) is 11.9 Å². The highest BCUT2D eigenvalue weighted by molar-refractivity contribution is 7.98. The van der Waals surface area contributed by atoms with Crippen LogP contribution in [-0.4, -0.2) is 37.0 Å². The first-order chi connectivity index (χ1) is 8.75. The van der Waals surface area contributed by atoms with Crippen molar-refractivity contribution in [1.29, 1.82) is 0 Å². The minimum Gasteiger partial charge on any atom is -0.355 e. The summed E-state index contributed by atoms with van der Waals surface area (Å²) in [6.07, 6.45) is 9.44. The predicted molar refractivity (Wildman–Crippen MR) is 80.0 cm³/mol. The molecule has 1 saturated heterocycles. The second kappa shape index (κ2) is 9.68. The third kappa shape index (κ3) is 6.10. The van der Waals surface area contributed by atoms with E-state index >= 15 is 0 Å². The molecule has 106 valence electrons. The molecule has 3 nitrogen and oxygen atoms in total. The Labute approximate surface area is 116 Å². The molecular formula is C14H28N2OS. The van der Waals surface area contributed by atoms with Crippen LogP contribution in [-0.2, 0) is 4.79 Å². The molecule has 2 unspecified atom stereocenters. The lowest BCUT2D eigenvalue weighted by molar-refractivity contribution is -0.124. The number of thioether (sulfide) groups is 1. The van der Waals surface area contributed by atoms with Crippen LogP contribution in [0.15, 0.2) is 0 Å². The Morgan fingerprint density at radius 1 is 1.33 bits per heavy atom. The molecule has 4 heteroatoms. The van der Waals surface area contributed by atoms with Gasteiger partial charge in [0.1, 0.15) is 0 Å². The lowest BCUT2D eigenvalue weighted by Crippen LogP contribution is -2.51. The molecule has 0 bridgehead atoms. The fourth-order valence-electron chi connectivity index (χ4n) is 2.45. The third-order valence-corrected chi connectivity index (χ3v) is 4.32. The molecule has 0 aliphatic carbocycles. The van der Waals surface area contributed by atoms with Crippen molar-refractivity contribution in [2.24, 2.45) is 5.92 Å². The highest BCUT2D eigenvalue weighted by atomic mass is 32.2. The number of unbranched alkanes of at least 4 members (excludes halogenated alkanes) is 3. The number of rotatable bonds is 8. The van der Waals surface area contributed by atoms with Crippen LogP contribution in [0.25, 0.3) is 0 Å². The Bertz CT molecular complexity index is 236. The van der Waals surface area contributed by atoms with Gasteiger partial charge in [0.05, 0.1) is 6.04 Å². The van der Waals surface area contributed by atoms with Crippen LogP contribution >= 0.6 is 11.8 Å². The molecule has 1 amide bonds. The van der Waals surface area contributed by atoms with Crippen molar-refractivity contribution in [2.45, 2.75) is 51.5 Å². The first kappa shape index (κ1) is 15.8. The summed E-state index contributed by atoms with van der Waals surface area (Å²) < 4.78 is 0. The average Bonchev–Trinajstić information content (AvgIpc) is 2.38. The minimum absolute atomic E-state index is 0.0373. The van der Waals surface area contributed by atoms with Crippen LogP contribution in [0, 0.1) is 5.92 Å². The largest absolute Gasteiger partial charge is 0.355 e. The molecule has 1 rings (SSSR count). The van der Waals surface area contributed by atoms with Gasteiger partial charge in [-0.1, -0.05) is 19.8 Å². The Morgan fingerprint density at radius 3 is 2.83 bits per heavy atom.